The predicted molar refractivity (Wildman–Crippen MR) is 40.6 cm³/mol. The van der Waals surface area contributed by atoms with Gasteiger partial charge in [0.25, 0.3) is 0 Å². The van der Waals surface area contributed by atoms with Crippen LogP contribution in [0.1, 0.15) is 19.8 Å². The normalized spacial score (nSPS) is 52.5. The van der Waals surface area contributed by atoms with Crippen molar-refractivity contribution in [3.05, 3.63) is 0 Å². The molecule has 4 atom stereocenters. The van der Waals surface area contributed by atoms with Crippen molar-refractivity contribution in [2.24, 2.45) is 11.3 Å². The highest BCUT2D eigenvalue weighted by atomic mass is 16.6. The van der Waals surface area contributed by atoms with Crippen molar-refractivity contribution >= 4 is 11.9 Å². The highest BCUT2D eigenvalue weighted by Crippen LogP contribution is 2.55. The van der Waals surface area contributed by atoms with Crippen LogP contribution in [-0.2, 0) is 19.1 Å². The molecule has 0 aromatic carbocycles. The van der Waals surface area contributed by atoms with E-state index in [1.807, 2.05) is 0 Å². The van der Waals surface area contributed by atoms with E-state index < -0.39 is 11.4 Å². The average molecular weight is 182 g/mol. The van der Waals surface area contributed by atoms with Gasteiger partial charge in [0, 0.05) is 0 Å². The lowest BCUT2D eigenvalue weighted by Gasteiger charge is -2.25. The predicted octanol–water partition coefficient (Wildman–Crippen LogP) is 0.253. The monoisotopic (exact) mass is 182 g/mol. The maximum atomic E-state index is 11.5. The van der Waals surface area contributed by atoms with Crippen LogP contribution in [-0.4, -0.2) is 24.1 Å². The Bertz CT molecular complexity index is 311. The molecule has 13 heavy (non-hydrogen) atoms. The minimum atomic E-state index is -0.681. The molecule has 0 aliphatic carbocycles. The van der Waals surface area contributed by atoms with Crippen LogP contribution in [0, 0.1) is 11.3 Å². The number of hydrogen-bond acceptors (Lipinski definition) is 4. The standard InChI is InChI=1S/C9H10O4/c1-9-5-3-2-4(12-5)6(9)7(10)13-8(9)11/h4-6H,2-3H2,1H3/t4-,5-,6+,9+/m0/s1. The molecule has 0 aromatic heterocycles. The summed E-state index contributed by atoms with van der Waals surface area (Å²) in [6, 6.07) is 0. The molecule has 3 rings (SSSR count). The molecular weight excluding hydrogens is 172 g/mol. The fourth-order valence-electron chi connectivity index (χ4n) is 2.86. The summed E-state index contributed by atoms with van der Waals surface area (Å²) in [7, 11) is 0. The molecule has 3 heterocycles. The van der Waals surface area contributed by atoms with E-state index in [1.54, 1.807) is 6.92 Å². The number of carbonyl (C=O) groups is 2. The lowest BCUT2D eigenvalue weighted by molar-refractivity contribution is -0.158. The maximum Gasteiger partial charge on any atom is 0.323 e. The average Bonchev–Trinajstić information content (AvgIpc) is 2.66. The van der Waals surface area contributed by atoms with E-state index in [4.69, 9.17) is 4.74 Å². The summed E-state index contributed by atoms with van der Waals surface area (Å²) in [5, 5.41) is 0. The molecule has 3 aliphatic rings. The molecule has 3 saturated heterocycles. The van der Waals surface area contributed by atoms with Gasteiger partial charge in [0.05, 0.1) is 12.2 Å². The van der Waals surface area contributed by atoms with Crippen molar-refractivity contribution in [3.63, 3.8) is 0 Å². The Kier molecular flexibility index (Phi) is 1.12. The molecule has 0 N–H and O–H groups in total. The van der Waals surface area contributed by atoms with Crippen LogP contribution in [0.5, 0.6) is 0 Å². The number of hydrogen-bond donors (Lipinski definition) is 0. The van der Waals surface area contributed by atoms with Gasteiger partial charge in [-0.1, -0.05) is 0 Å². The van der Waals surface area contributed by atoms with E-state index in [0.717, 1.165) is 12.8 Å². The van der Waals surface area contributed by atoms with Gasteiger partial charge in [-0.3, -0.25) is 9.59 Å². The van der Waals surface area contributed by atoms with Gasteiger partial charge < -0.3 is 9.47 Å². The van der Waals surface area contributed by atoms with E-state index in [-0.39, 0.29) is 24.1 Å². The molecule has 70 valence electrons. The molecule has 0 spiro atoms. The van der Waals surface area contributed by atoms with Crippen molar-refractivity contribution in [2.75, 3.05) is 0 Å². The van der Waals surface area contributed by atoms with E-state index in [9.17, 15) is 9.59 Å². The summed E-state index contributed by atoms with van der Waals surface area (Å²) in [6.45, 7) is 1.79. The van der Waals surface area contributed by atoms with Crippen molar-refractivity contribution in [3.8, 4) is 0 Å². The highest BCUT2D eigenvalue weighted by Gasteiger charge is 2.69. The minimum Gasteiger partial charge on any atom is -0.392 e. The third-order valence-electron chi connectivity index (χ3n) is 3.63. The first kappa shape index (κ1) is 7.50. The second kappa shape index (κ2) is 1.95. The van der Waals surface area contributed by atoms with Crippen LogP contribution in [0.2, 0.25) is 0 Å². The van der Waals surface area contributed by atoms with Gasteiger partial charge in [-0.05, 0) is 19.8 Å². The van der Waals surface area contributed by atoms with E-state index >= 15 is 0 Å². The number of carbonyl (C=O) groups excluding carboxylic acids is 2. The van der Waals surface area contributed by atoms with Gasteiger partial charge in [-0.15, -0.1) is 0 Å². The Morgan fingerprint density at radius 3 is 2.85 bits per heavy atom. The van der Waals surface area contributed by atoms with Crippen LogP contribution in [0.3, 0.4) is 0 Å². The van der Waals surface area contributed by atoms with Crippen LogP contribution in [0.4, 0.5) is 0 Å². The minimum absolute atomic E-state index is 0.0750. The lowest BCUT2D eigenvalue weighted by Crippen LogP contribution is -2.40. The third kappa shape index (κ3) is 0.633. The fourth-order valence-corrected chi connectivity index (χ4v) is 2.86. The first-order chi connectivity index (χ1) is 6.14. The number of ether oxygens (including phenoxy) is 2. The van der Waals surface area contributed by atoms with Crippen molar-refractivity contribution in [2.45, 2.75) is 32.0 Å². The quantitative estimate of drug-likeness (QED) is 0.398. The number of rotatable bonds is 0. The summed E-state index contributed by atoms with van der Waals surface area (Å²) >= 11 is 0. The summed E-state index contributed by atoms with van der Waals surface area (Å²) in [6.07, 6.45) is 1.59. The topological polar surface area (TPSA) is 52.6 Å². The Hall–Kier alpha value is -0.900. The van der Waals surface area contributed by atoms with E-state index in [2.05, 4.69) is 4.74 Å². The van der Waals surface area contributed by atoms with Crippen LogP contribution >= 0.6 is 0 Å². The molecular formula is C9H10O4. The fraction of sp³-hybridized carbons (Fsp3) is 0.778. The summed E-state index contributed by atoms with van der Waals surface area (Å²) in [5.41, 5.74) is -0.681. The zero-order chi connectivity index (χ0) is 9.22. The SMILES string of the molecule is C[C@]12C(=O)OC(=O)[C@H]1[C@@H]1CC[C@@H]2O1. The Balaban J connectivity index is 2.12. The Labute approximate surface area is 75.2 Å². The third-order valence-corrected chi connectivity index (χ3v) is 3.63. The van der Waals surface area contributed by atoms with Gasteiger partial charge in [0.15, 0.2) is 0 Å². The van der Waals surface area contributed by atoms with Crippen LogP contribution in [0.15, 0.2) is 0 Å². The number of cyclic esters (lactones) is 2. The smallest absolute Gasteiger partial charge is 0.323 e. The molecule has 0 radical (unpaired) electrons. The zero-order valence-corrected chi connectivity index (χ0v) is 7.28. The second-order valence-corrected chi connectivity index (χ2v) is 4.21. The largest absolute Gasteiger partial charge is 0.392 e. The lowest BCUT2D eigenvalue weighted by atomic mass is 9.69. The maximum absolute atomic E-state index is 11.5. The highest BCUT2D eigenvalue weighted by molar-refractivity contribution is 6.00. The van der Waals surface area contributed by atoms with Gasteiger partial charge in [0.2, 0.25) is 0 Å². The second-order valence-electron chi connectivity index (χ2n) is 4.21. The summed E-state index contributed by atoms with van der Waals surface area (Å²) in [5.74, 6) is -1.12. The van der Waals surface area contributed by atoms with Gasteiger partial charge in [-0.25, -0.2) is 0 Å². The molecule has 0 aromatic rings. The van der Waals surface area contributed by atoms with Gasteiger partial charge in [-0.2, -0.15) is 0 Å². The summed E-state index contributed by atoms with van der Waals surface area (Å²) < 4.78 is 10.2. The van der Waals surface area contributed by atoms with Crippen molar-refractivity contribution < 1.29 is 19.1 Å². The van der Waals surface area contributed by atoms with E-state index in [0.29, 0.717) is 0 Å². The molecule has 2 bridgehead atoms. The van der Waals surface area contributed by atoms with Gasteiger partial charge in [0.1, 0.15) is 11.3 Å². The molecule has 4 heteroatoms. The molecule has 0 saturated carbocycles. The summed E-state index contributed by atoms with van der Waals surface area (Å²) in [4.78, 5) is 22.8. The number of esters is 2. The first-order valence-corrected chi connectivity index (χ1v) is 4.55. The molecule has 0 amide bonds. The van der Waals surface area contributed by atoms with Gasteiger partial charge >= 0.3 is 11.9 Å². The number of fused-ring (bicyclic) bond motifs is 5. The van der Waals surface area contributed by atoms with Crippen molar-refractivity contribution in [1.29, 1.82) is 0 Å². The van der Waals surface area contributed by atoms with Crippen LogP contribution in [0.25, 0.3) is 0 Å². The van der Waals surface area contributed by atoms with Crippen LogP contribution < -0.4 is 0 Å². The first-order valence-electron chi connectivity index (χ1n) is 4.55. The molecule has 3 fully saturated rings. The van der Waals surface area contributed by atoms with Crippen molar-refractivity contribution in [1.82, 2.24) is 0 Å². The molecule has 0 unspecified atom stereocenters. The zero-order valence-electron chi connectivity index (χ0n) is 7.28. The molecule has 3 aliphatic heterocycles. The Morgan fingerprint density at radius 2 is 2.15 bits per heavy atom. The Morgan fingerprint density at radius 1 is 1.38 bits per heavy atom. The molecule has 4 nitrogen and oxygen atoms in total. The van der Waals surface area contributed by atoms with E-state index in [1.165, 1.54) is 0 Å².